The van der Waals surface area contributed by atoms with Crippen LogP contribution in [0.4, 0.5) is 0 Å². The van der Waals surface area contributed by atoms with Crippen LogP contribution >= 0.6 is 0 Å². The van der Waals surface area contributed by atoms with Crippen LogP contribution in [0.3, 0.4) is 0 Å². The molecule has 1 aliphatic heterocycles. The Morgan fingerprint density at radius 3 is 2.81 bits per heavy atom. The molecule has 1 heterocycles. The fraction of sp³-hybridized carbons (Fsp3) is 0.462. The first-order valence-corrected chi connectivity index (χ1v) is 5.91. The van der Waals surface area contributed by atoms with Gasteiger partial charge in [0.15, 0.2) is 0 Å². The molecule has 1 aromatic rings. The molecule has 16 heavy (non-hydrogen) atoms. The molecule has 3 nitrogen and oxygen atoms in total. The normalized spacial score (nSPS) is 19.8. The second kappa shape index (κ2) is 5.66. The number of rotatable bonds is 5. The van der Waals surface area contributed by atoms with E-state index in [2.05, 4.69) is 34.6 Å². The second-order valence-electron chi connectivity index (χ2n) is 4.26. The average Bonchev–Trinajstić information content (AvgIpc) is 2.72. The van der Waals surface area contributed by atoms with E-state index in [1.165, 1.54) is 5.56 Å². The molecule has 86 valence electrons. The van der Waals surface area contributed by atoms with Gasteiger partial charge >= 0.3 is 0 Å². The highest BCUT2D eigenvalue weighted by Crippen LogP contribution is 2.13. The van der Waals surface area contributed by atoms with E-state index < -0.39 is 0 Å². The third kappa shape index (κ3) is 3.35. The zero-order chi connectivity index (χ0) is 11.2. The van der Waals surface area contributed by atoms with Gasteiger partial charge in [-0.2, -0.15) is 0 Å². The summed E-state index contributed by atoms with van der Waals surface area (Å²) in [5.41, 5.74) is 6.98. The summed E-state index contributed by atoms with van der Waals surface area (Å²) in [7, 11) is 0. The van der Waals surface area contributed by atoms with E-state index in [9.17, 15) is 0 Å². The van der Waals surface area contributed by atoms with E-state index in [1.807, 2.05) is 6.07 Å². The summed E-state index contributed by atoms with van der Waals surface area (Å²) in [4.78, 5) is 4.39. The van der Waals surface area contributed by atoms with Gasteiger partial charge in [-0.3, -0.25) is 4.99 Å². The van der Waals surface area contributed by atoms with Gasteiger partial charge in [-0.25, -0.2) is 0 Å². The first-order chi connectivity index (χ1) is 7.84. The molecule has 3 heteroatoms. The van der Waals surface area contributed by atoms with Gasteiger partial charge in [0.05, 0.1) is 11.9 Å². The fourth-order valence-corrected chi connectivity index (χ4v) is 1.98. The molecule has 0 aromatic heterocycles. The molecular weight excluding hydrogens is 198 g/mol. The molecule has 0 bridgehead atoms. The maximum absolute atomic E-state index is 5.65. The second-order valence-corrected chi connectivity index (χ2v) is 4.26. The first kappa shape index (κ1) is 11.1. The molecule has 0 saturated heterocycles. The Labute approximate surface area is 96.8 Å². The average molecular weight is 217 g/mol. The molecule has 3 N–H and O–H groups in total. The zero-order valence-corrected chi connectivity index (χ0v) is 9.52. The largest absolute Gasteiger partial charge is 0.387 e. The van der Waals surface area contributed by atoms with Crippen LogP contribution in [0.15, 0.2) is 35.3 Å². The van der Waals surface area contributed by atoms with Crippen LogP contribution in [0.2, 0.25) is 0 Å². The van der Waals surface area contributed by atoms with Gasteiger partial charge in [-0.15, -0.1) is 0 Å². The Morgan fingerprint density at radius 2 is 2.12 bits per heavy atom. The summed E-state index contributed by atoms with van der Waals surface area (Å²) in [5.74, 6) is 0.827. The van der Waals surface area contributed by atoms with Gasteiger partial charge in [-0.1, -0.05) is 30.3 Å². The van der Waals surface area contributed by atoms with Crippen LogP contribution in [0, 0.1) is 0 Å². The van der Waals surface area contributed by atoms with Crippen molar-refractivity contribution in [3.63, 3.8) is 0 Å². The van der Waals surface area contributed by atoms with E-state index >= 15 is 0 Å². The Bertz CT molecular complexity index is 345. The first-order valence-electron chi connectivity index (χ1n) is 5.91. The summed E-state index contributed by atoms with van der Waals surface area (Å²) in [6, 6.07) is 10.9. The molecule has 0 saturated carbocycles. The molecule has 1 aliphatic rings. The molecule has 1 unspecified atom stereocenters. The van der Waals surface area contributed by atoms with Gasteiger partial charge in [0.25, 0.3) is 0 Å². The lowest BCUT2D eigenvalue weighted by atomic mass is 10.1. The number of aliphatic imine (C=N–C) groups is 1. The molecule has 0 amide bonds. The predicted molar refractivity (Wildman–Crippen MR) is 67.4 cm³/mol. The molecular formula is C13H19N3. The number of amidine groups is 1. The van der Waals surface area contributed by atoms with E-state index in [0.717, 1.165) is 38.2 Å². The van der Waals surface area contributed by atoms with Crippen LogP contribution in [0.25, 0.3) is 0 Å². The molecule has 1 aromatic carbocycles. The Hall–Kier alpha value is -1.35. The van der Waals surface area contributed by atoms with E-state index in [1.54, 1.807) is 0 Å². The molecule has 0 radical (unpaired) electrons. The number of hydrogen-bond donors (Lipinski definition) is 2. The lowest BCUT2D eigenvalue weighted by Crippen LogP contribution is -2.18. The number of nitrogens with two attached hydrogens (primary N) is 1. The van der Waals surface area contributed by atoms with E-state index in [4.69, 9.17) is 5.73 Å². The van der Waals surface area contributed by atoms with Crippen molar-refractivity contribution >= 4 is 5.84 Å². The predicted octanol–water partition coefficient (Wildman–Crippen LogP) is 1.69. The van der Waals surface area contributed by atoms with Crippen molar-refractivity contribution in [3.05, 3.63) is 35.9 Å². The third-order valence-electron chi connectivity index (χ3n) is 2.91. The van der Waals surface area contributed by atoms with Crippen LogP contribution in [-0.4, -0.2) is 18.4 Å². The summed E-state index contributed by atoms with van der Waals surface area (Å²) in [5, 5.41) is 3.43. The van der Waals surface area contributed by atoms with Crippen molar-refractivity contribution in [2.75, 3.05) is 6.54 Å². The minimum Gasteiger partial charge on any atom is -0.387 e. The van der Waals surface area contributed by atoms with Crippen molar-refractivity contribution in [1.29, 1.82) is 0 Å². The topological polar surface area (TPSA) is 50.4 Å². The van der Waals surface area contributed by atoms with Gasteiger partial charge < -0.3 is 11.1 Å². The monoisotopic (exact) mass is 217 g/mol. The maximum atomic E-state index is 5.65. The minimum atomic E-state index is 0.447. The minimum absolute atomic E-state index is 0.447. The summed E-state index contributed by atoms with van der Waals surface area (Å²) >= 11 is 0. The molecule has 0 fully saturated rings. The zero-order valence-electron chi connectivity index (χ0n) is 9.52. The summed E-state index contributed by atoms with van der Waals surface area (Å²) in [6.45, 7) is 1.95. The summed E-state index contributed by atoms with van der Waals surface area (Å²) < 4.78 is 0. The van der Waals surface area contributed by atoms with E-state index in [-0.39, 0.29) is 0 Å². The van der Waals surface area contributed by atoms with Crippen molar-refractivity contribution in [2.45, 2.75) is 31.8 Å². The Kier molecular flexibility index (Phi) is 3.94. The standard InChI is InChI=1S/C13H19N3/c14-13-7-6-12(16-13)8-9-15-10-11-4-2-1-3-5-11/h1-5,12,15H,6-10H2,(H2,14,16). The van der Waals surface area contributed by atoms with Gasteiger partial charge in [-0.05, 0) is 24.9 Å². The smallest absolute Gasteiger partial charge is 0.0941 e. The van der Waals surface area contributed by atoms with Gasteiger partial charge in [0.1, 0.15) is 0 Å². The van der Waals surface area contributed by atoms with Gasteiger partial charge in [0.2, 0.25) is 0 Å². The van der Waals surface area contributed by atoms with Crippen molar-refractivity contribution in [3.8, 4) is 0 Å². The number of hydrogen-bond acceptors (Lipinski definition) is 3. The quantitative estimate of drug-likeness (QED) is 0.737. The van der Waals surface area contributed by atoms with Crippen molar-refractivity contribution in [1.82, 2.24) is 5.32 Å². The fourth-order valence-electron chi connectivity index (χ4n) is 1.98. The molecule has 0 spiro atoms. The van der Waals surface area contributed by atoms with Crippen LogP contribution in [0.1, 0.15) is 24.8 Å². The van der Waals surface area contributed by atoms with E-state index in [0.29, 0.717) is 6.04 Å². The highest BCUT2D eigenvalue weighted by Gasteiger charge is 2.14. The molecule has 2 rings (SSSR count). The van der Waals surface area contributed by atoms with Crippen LogP contribution in [0.5, 0.6) is 0 Å². The molecule has 1 atom stereocenters. The lowest BCUT2D eigenvalue weighted by molar-refractivity contribution is 0.561. The van der Waals surface area contributed by atoms with Crippen LogP contribution < -0.4 is 11.1 Å². The highest BCUT2D eigenvalue weighted by atomic mass is 14.9. The SMILES string of the molecule is NC1=NC(CCNCc2ccccc2)CC1. The maximum Gasteiger partial charge on any atom is 0.0941 e. The number of benzene rings is 1. The van der Waals surface area contributed by atoms with Crippen molar-refractivity contribution in [2.24, 2.45) is 10.7 Å². The van der Waals surface area contributed by atoms with Crippen molar-refractivity contribution < 1.29 is 0 Å². The Morgan fingerprint density at radius 1 is 1.31 bits per heavy atom. The number of nitrogens with zero attached hydrogens (tertiary/aromatic N) is 1. The highest BCUT2D eigenvalue weighted by molar-refractivity contribution is 5.82. The summed E-state index contributed by atoms with van der Waals surface area (Å²) in [6.07, 6.45) is 3.19. The number of nitrogens with one attached hydrogen (secondary N) is 1. The lowest BCUT2D eigenvalue weighted by Gasteiger charge is -2.07. The third-order valence-corrected chi connectivity index (χ3v) is 2.91. The Balaban J connectivity index is 1.62. The van der Waals surface area contributed by atoms with Gasteiger partial charge in [0, 0.05) is 13.0 Å². The van der Waals surface area contributed by atoms with Crippen LogP contribution in [-0.2, 0) is 6.54 Å². The molecule has 0 aliphatic carbocycles.